The summed E-state index contributed by atoms with van der Waals surface area (Å²) >= 11 is 0. The van der Waals surface area contributed by atoms with Crippen LogP contribution in [0.15, 0.2) is 5.16 Å². The van der Waals surface area contributed by atoms with Gasteiger partial charge < -0.3 is 4.84 Å². The molecule has 9 heavy (non-hydrogen) atoms. The summed E-state index contributed by atoms with van der Waals surface area (Å²) in [7, 11) is 0. The zero-order chi connectivity index (χ0) is 6.27. The highest BCUT2D eigenvalue weighted by Gasteiger charge is 2.35. The molecule has 2 rings (SSSR count). The largest absolute Gasteiger partial charge is 0.392 e. The van der Waals surface area contributed by atoms with E-state index in [0.717, 1.165) is 18.1 Å². The lowest BCUT2D eigenvalue weighted by Crippen LogP contribution is -2.08. The molecule has 0 aromatic carbocycles. The summed E-state index contributed by atoms with van der Waals surface area (Å²) in [5.74, 6) is 0.839. The van der Waals surface area contributed by atoms with E-state index < -0.39 is 0 Å². The highest BCUT2D eigenvalue weighted by Crippen LogP contribution is 2.37. The summed E-state index contributed by atoms with van der Waals surface area (Å²) in [5, 5.41) is 3.90. The zero-order valence-electron chi connectivity index (χ0n) is 5.63. The lowest BCUT2D eigenvalue weighted by molar-refractivity contribution is 0.0694. The van der Waals surface area contributed by atoms with Crippen LogP contribution >= 0.6 is 0 Å². The van der Waals surface area contributed by atoms with Gasteiger partial charge in [0, 0.05) is 6.42 Å². The summed E-state index contributed by atoms with van der Waals surface area (Å²) in [6.45, 7) is 2.03. The Morgan fingerprint density at radius 2 is 2.33 bits per heavy atom. The molecule has 2 heteroatoms. The van der Waals surface area contributed by atoms with Crippen LogP contribution in [0.4, 0.5) is 0 Å². The topological polar surface area (TPSA) is 21.6 Å². The molecule has 1 unspecified atom stereocenters. The van der Waals surface area contributed by atoms with Gasteiger partial charge in [-0.15, -0.1) is 0 Å². The maximum Gasteiger partial charge on any atom is 0.135 e. The zero-order valence-corrected chi connectivity index (χ0v) is 5.63. The van der Waals surface area contributed by atoms with Crippen molar-refractivity contribution in [3.8, 4) is 0 Å². The van der Waals surface area contributed by atoms with Crippen LogP contribution in [0.2, 0.25) is 0 Å². The fourth-order valence-electron chi connectivity index (χ4n) is 1.24. The van der Waals surface area contributed by atoms with Gasteiger partial charge in [-0.2, -0.15) is 0 Å². The molecule has 2 nitrogen and oxygen atoms in total. The van der Waals surface area contributed by atoms with Crippen molar-refractivity contribution >= 4 is 5.71 Å². The predicted octanol–water partition coefficient (Wildman–Crippen LogP) is 1.56. The summed E-state index contributed by atoms with van der Waals surface area (Å²) < 4.78 is 0. The monoisotopic (exact) mass is 125 g/mol. The normalized spacial score (nSPS) is 33.9. The van der Waals surface area contributed by atoms with Gasteiger partial charge in [-0.1, -0.05) is 5.16 Å². The molecule has 1 fully saturated rings. The van der Waals surface area contributed by atoms with E-state index in [2.05, 4.69) is 5.16 Å². The molecule has 2 aliphatic rings. The molecule has 1 heterocycles. The molecule has 50 valence electrons. The quantitative estimate of drug-likeness (QED) is 0.521. The molecule has 0 saturated heterocycles. The molecule has 0 N–H and O–H groups in total. The molecular formula is C7H11NO. The Balaban J connectivity index is 1.91. The Morgan fingerprint density at radius 1 is 1.56 bits per heavy atom. The Kier molecular flexibility index (Phi) is 1.01. The van der Waals surface area contributed by atoms with Crippen LogP contribution in [0.3, 0.4) is 0 Å². The van der Waals surface area contributed by atoms with Crippen molar-refractivity contribution in [3.63, 3.8) is 0 Å². The molecule has 0 aromatic rings. The van der Waals surface area contributed by atoms with Gasteiger partial charge in [0.1, 0.15) is 6.10 Å². The third-order valence-corrected chi connectivity index (χ3v) is 1.99. The minimum Gasteiger partial charge on any atom is -0.392 e. The van der Waals surface area contributed by atoms with Crippen LogP contribution in [0, 0.1) is 5.92 Å². The second kappa shape index (κ2) is 1.72. The van der Waals surface area contributed by atoms with Gasteiger partial charge in [-0.05, 0) is 25.7 Å². The second-order valence-corrected chi connectivity index (χ2v) is 3.01. The average Bonchev–Trinajstić information content (AvgIpc) is 2.58. The molecule has 1 aliphatic carbocycles. The van der Waals surface area contributed by atoms with Gasteiger partial charge in [0.05, 0.1) is 5.71 Å². The first-order valence-corrected chi connectivity index (χ1v) is 3.55. The Bertz CT molecular complexity index is 149. The summed E-state index contributed by atoms with van der Waals surface area (Å²) in [5.41, 5.74) is 1.16. The molecule has 0 aromatic heterocycles. The van der Waals surface area contributed by atoms with Crippen LogP contribution in [0.1, 0.15) is 26.2 Å². The Morgan fingerprint density at radius 3 is 2.78 bits per heavy atom. The summed E-state index contributed by atoms with van der Waals surface area (Å²) in [6.07, 6.45) is 4.23. The first-order valence-electron chi connectivity index (χ1n) is 3.55. The lowest BCUT2D eigenvalue weighted by atomic mass is 10.1. The molecule has 1 aliphatic heterocycles. The molecule has 0 bridgehead atoms. The van der Waals surface area contributed by atoms with Crippen LogP contribution in [0.25, 0.3) is 0 Å². The minimum atomic E-state index is 0.449. The number of rotatable bonds is 1. The average molecular weight is 125 g/mol. The van der Waals surface area contributed by atoms with E-state index in [1.54, 1.807) is 0 Å². The van der Waals surface area contributed by atoms with Gasteiger partial charge in [0.15, 0.2) is 0 Å². The lowest BCUT2D eigenvalue weighted by Gasteiger charge is -2.02. The molecule has 0 amide bonds. The smallest absolute Gasteiger partial charge is 0.135 e. The maximum absolute atomic E-state index is 5.18. The first-order chi connectivity index (χ1) is 4.36. The Labute approximate surface area is 54.9 Å². The molecule has 0 spiro atoms. The van der Waals surface area contributed by atoms with Gasteiger partial charge in [0.2, 0.25) is 0 Å². The number of oxime groups is 1. The van der Waals surface area contributed by atoms with E-state index in [1.165, 1.54) is 12.8 Å². The van der Waals surface area contributed by atoms with Crippen molar-refractivity contribution in [1.29, 1.82) is 0 Å². The van der Waals surface area contributed by atoms with Gasteiger partial charge in [-0.25, -0.2) is 0 Å². The van der Waals surface area contributed by atoms with Gasteiger partial charge in [-0.3, -0.25) is 0 Å². The third-order valence-electron chi connectivity index (χ3n) is 1.99. The Hall–Kier alpha value is -0.530. The van der Waals surface area contributed by atoms with Crippen molar-refractivity contribution < 1.29 is 4.84 Å². The van der Waals surface area contributed by atoms with E-state index in [4.69, 9.17) is 4.84 Å². The van der Waals surface area contributed by atoms with Crippen LogP contribution < -0.4 is 0 Å². The van der Waals surface area contributed by atoms with E-state index >= 15 is 0 Å². The SMILES string of the molecule is CC1=NOC(C2CC2)C1. The predicted molar refractivity (Wildman–Crippen MR) is 35.3 cm³/mol. The second-order valence-electron chi connectivity index (χ2n) is 3.01. The van der Waals surface area contributed by atoms with Crippen molar-refractivity contribution in [1.82, 2.24) is 0 Å². The van der Waals surface area contributed by atoms with E-state index in [0.29, 0.717) is 6.10 Å². The summed E-state index contributed by atoms with van der Waals surface area (Å²) in [4.78, 5) is 5.18. The van der Waals surface area contributed by atoms with E-state index in [9.17, 15) is 0 Å². The first kappa shape index (κ1) is 5.27. The van der Waals surface area contributed by atoms with Crippen molar-refractivity contribution in [2.45, 2.75) is 32.3 Å². The van der Waals surface area contributed by atoms with Crippen LogP contribution in [-0.4, -0.2) is 11.8 Å². The maximum atomic E-state index is 5.18. The fourth-order valence-corrected chi connectivity index (χ4v) is 1.24. The van der Waals surface area contributed by atoms with E-state index in [1.807, 2.05) is 6.92 Å². The standard InChI is InChI=1S/C7H11NO/c1-5-4-7(9-8-5)6-2-3-6/h6-7H,2-4H2,1H3. The number of hydrogen-bond acceptors (Lipinski definition) is 2. The summed E-state index contributed by atoms with van der Waals surface area (Å²) in [6, 6.07) is 0. The highest BCUT2D eigenvalue weighted by molar-refractivity contribution is 5.82. The fraction of sp³-hybridized carbons (Fsp3) is 0.857. The molecular weight excluding hydrogens is 114 g/mol. The number of hydrogen-bond donors (Lipinski definition) is 0. The van der Waals surface area contributed by atoms with Crippen LogP contribution in [-0.2, 0) is 4.84 Å². The van der Waals surface area contributed by atoms with Crippen molar-refractivity contribution in [3.05, 3.63) is 0 Å². The molecule has 1 atom stereocenters. The third kappa shape index (κ3) is 0.934. The number of nitrogens with zero attached hydrogens (tertiary/aromatic N) is 1. The highest BCUT2D eigenvalue weighted by atomic mass is 16.6. The van der Waals surface area contributed by atoms with E-state index in [-0.39, 0.29) is 0 Å². The molecule has 0 radical (unpaired) electrons. The van der Waals surface area contributed by atoms with Gasteiger partial charge >= 0.3 is 0 Å². The van der Waals surface area contributed by atoms with Crippen molar-refractivity contribution in [2.24, 2.45) is 11.1 Å². The van der Waals surface area contributed by atoms with Crippen molar-refractivity contribution in [2.75, 3.05) is 0 Å². The van der Waals surface area contributed by atoms with Crippen LogP contribution in [0.5, 0.6) is 0 Å². The minimum absolute atomic E-state index is 0.449. The van der Waals surface area contributed by atoms with Gasteiger partial charge in [0.25, 0.3) is 0 Å². The molecule has 1 saturated carbocycles.